The van der Waals surface area contributed by atoms with Crippen molar-refractivity contribution in [3.63, 3.8) is 0 Å². The molecule has 19 heavy (non-hydrogen) atoms. The number of pyridine rings is 1. The predicted octanol–water partition coefficient (Wildman–Crippen LogP) is 0.209. The van der Waals surface area contributed by atoms with Gasteiger partial charge in [-0.15, -0.1) is 0 Å². The molecule has 0 unspecified atom stereocenters. The Bertz CT molecular complexity index is 469. The van der Waals surface area contributed by atoms with Crippen LogP contribution >= 0.6 is 0 Å². The zero-order valence-electron chi connectivity index (χ0n) is 11.0. The van der Waals surface area contributed by atoms with Crippen molar-refractivity contribution in [1.82, 2.24) is 20.9 Å². The molecule has 0 atom stereocenters. The van der Waals surface area contributed by atoms with Gasteiger partial charge in [-0.2, -0.15) is 0 Å². The highest BCUT2D eigenvalue weighted by Gasteiger charge is 2.21. The van der Waals surface area contributed by atoms with Crippen LogP contribution in [0.3, 0.4) is 0 Å². The lowest BCUT2D eigenvalue weighted by molar-refractivity contribution is 0.0928. The first-order valence-corrected chi connectivity index (χ1v) is 7.02. The largest absolute Gasteiger partial charge is 0.349 e. The number of carbonyl (C=O) groups is 1. The molecule has 5 nitrogen and oxygen atoms in total. The van der Waals surface area contributed by atoms with E-state index in [0.717, 1.165) is 56.6 Å². The van der Waals surface area contributed by atoms with Crippen LogP contribution in [0.15, 0.2) is 12.4 Å². The van der Waals surface area contributed by atoms with Crippen LogP contribution in [0.1, 0.15) is 34.3 Å². The van der Waals surface area contributed by atoms with Crippen LogP contribution in [0.25, 0.3) is 0 Å². The molecule has 2 aliphatic heterocycles. The number of hydrogen-bond donors (Lipinski definition) is 3. The number of nitrogens with one attached hydrogen (secondary N) is 3. The molecule has 0 radical (unpaired) electrons. The number of fused-ring (bicyclic) bond motifs is 1. The highest BCUT2D eigenvalue weighted by atomic mass is 16.1. The van der Waals surface area contributed by atoms with Crippen LogP contribution in [-0.4, -0.2) is 36.6 Å². The molecule has 1 saturated heterocycles. The van der Waals surface area contributed by atoms with Gasteiger partial charge in [0, 0.05) is 25.0 Å². The van der Waals surface area contributed by atoms with Crippen LogP contribution in [0, 0.1) is 0 Å². The van der Waals surface area contributed by atoms with Gasteiger partial charge >= 0.3 is 0 Å². The molecule has 3 rings (SSSR count). The predicted molar refractivity (Wildman–Crippen MR) is 73.0 cm³/mol. The number of hydrogen-bond acceptors (Lipinski definition) is 4. The van der Waals surface area contributed by atoms with Crippen molar-refractivity contribution < 1.29 is 4.79 Å². The van der Waals surface area contributed by atoms with Crippen LogP contribution < -0.4 is 16.0 Å². The smallest absolute Gasteiger partial charge is 0.253 e. The lowest BCUT2D eigenvalue weighted by Crippen LogP contribution is -2.43. The van der Waals surface area contributed by atoms with Gasteiger partial charge in [-0.25, -0.2) is 0 Å². The molecule has 1 aromatic heterocycles. The fourth-order valence-corrected chi connectivity index (χ4v) is 2.84. The van der Waals surface area contributed by atoms with Crippen LogP contribution in [0.4, 0.5) is 0 Å². The van der Waals surface area contributed by atoms with Gasteiger partial charge in [0.1, 0.15) is 0 Å². The van der Waals surface area contributed by atoms with E-state index in [9.17, 15) is 4.79 Å². The molecule has 1 amide bonds. The highest BCUT2D eigenvalue weighted by Crippen LogP contribution is 2.17. The van der Waals surface area contributed by atoms with Gasteiger partial charge in [-0.3, -0.25) is 9.78 Å². The molecule has 1 fully saturated rings. The summed E-state index contributed by atoms with van der Waals surface area (Å²) in [6, 6.07) is 0.298. The maximum absolute atomic E-state index is 12.4. The Balaban J connectivity index is 1.75. The van der Waals surface area contributed by atoms with Gasteiger partial charge in [-0.1, -0.05) is 0 Å². The zero-order chi connectivity index (χ0) is 13.1. The van der Waals surface area contributed by atoms with E-state index in [1.165, 1.54) is 5.56 Å². The molecule has 0 bridgehead atoms. The van der Waals surface area contributed by atoms with Gasteiger partial charge < -0.3 is 16.0 Å². The first kappa shape index (κ1) is 12.6. The Morgan fingerprint density at radius 1 is 1.21 bits per heavy atom. The second-order valence-corrected chi connectivity index (χ2v) is 5.25. The van der Waals surface area contributed by atoms with E-state index in [1.54, 1.807) is 6.20 Å². The Kier molecular flexibility index (Phi) is 3.75. The Labute approximate surface area is 113 Å². The first-order valence-electron chi connectivity index (χ1n) is 7.02. The van der Waals surface area contributed by atoms with E-state index in [0.29, 0.717) is 6.04 Å². The minimum absolute atomic E-state index is 0.0400. The number of aromatic nitrogens is 1. The van der Waals surface area contributed by atoms with Crippen molar-refractivity contribution in [2.75, 3.05) is 19.6 Å². The van der Waals surface area contributed by atoms with Crippen molar-refractivity contribution in [1.29, 1.82) is 0 Å². The van der Waals surface area contributed by atoms with Gasteiger partial charge in [0.05, 0.1) is 5.56 Å². The average Bonchev–Trinajstić information content (AvgIpc) is 2.47. The molecule has 3 heterocycles. The molecule has 0 aromatic carbocycles. The number of amides is 1. The highest BCUT2D eigenvalue weighted by molar-refractivity contribution is 5.96. The van der Waals surface area contributed by atoms with Crippen LogP contribution in [0.2, 0.25) is 0 Å². The number of piperidine rings is 1. The van der Waals surface area contributed by atoms with Gasteiger partial charge in [0.15, 0.2) is 0 Å². The van der Waals surface area contributed by atoms with E-state index in [-0.39, 0.29) is 5.91 Å². The molecule has 0 spiro atoms. The number of nitrogens with zero attached hydrogens (tertiary/aromatic N) is 1. The van der Waals surface area contributed by atoms with E-state index in [1.807, 2.05) is 6.20 Å². The van der Waals surface area contributed by atoms with Gasteiger partial charge in [0.25, 0.3) is 5.91 Å². The standard InChI is InChI=1S/C14H20N4O/c19-14(18-11-1-4-15-5-2-11)13-9-17-8-10-7-16-6-3-12(10)13/h8-9,11,15-16H,1-7H2,(H,18,19). The third-order valence-corrected chi connectivity index (χ3v) is 3.93. The average molecular weight is 260 g/mol. The summed E-state index contributed by atoms with van der Waals surface area (Å²) in [5.41, 5.74) is 3.09. The van der Waals surface area contributed by atoms with Gasteiger partial charge in [0.2, 0.25) is 0 Å². The number of rotatable bonds is 2. The van der Waals surface area contributed by atoms with Crippen molar-refractivity contribution in [2.45, 2.75) is 31.8 Å². The van der Waals surface area contributed by atoms with Crippen molar-refractivity contribution >= 4 is 5.91 Å². The summed E-state index contributed by atoms with van der Waals surface area (Å²) in [6.45, 7) is 3.72. The molecule has 3 N–H and O–H groups in total. The molecule has 1 aromatic rings. The van der Waals surface area contributed by atoms with E-state index < -0.39 is 0 Å². The SMILES string of the molecule is O=C(NC1CCNCC1)c1cncc2c1CCNC2. The fourth-order valence-electron chi connectivity index (χ4n) is 2.84. The first-order chi connectivity index (χ1) is 9.34. The van der Waals surface area contributed by atoms with Gasteiger partial charge in [-0.05, 0) is 50.0 Å². The maximum Gasteiger partial charge on any atom is 0.253 e. The third-order valence-electron chi connectivity index (χ3n) is 3.93. The fraction of sp³-hybridized carbons (Fsp3) is 0.571. The zero-order valence-corrected chi connectivity index (χ0v) is 11.0. The minimum atomic E-state index is 0.0400. The number of carbonyl (C=O) groups excluding carboxylic acids is 1. The molecule has 102 valence electrons. The summed E-state index contributed by atoms with van der Waals surface area (Å²) < 4.78 is 0. The lowest BCUT2D eigenvalue weighted by Gasteiger charge is -2.25. The normalized spacial score (nSPS) is 19.8. The molecule has 5 heteroatoms. The summed E-state index contributed by atoms with van der Waals surface area (Å²) in [5, 5.41) is 9.76. The summed E-state index contributed by atoms with van der Waals surface area (Å²) >= 11 is 0. The van der Waals surface area contributed by atoms with E-state index in [4.69, 9.17) is 0 Å². The van der Waals surface area contributed by atoms with Crippen LogP contribution in [0.5, 0.6) is 0 Å². The molecular formula is C14H20N4O. The van der Waals surface area contributed by atoms with E-state index >= 15 is 0 Å². The summed E-state index contributed by atoms with van der Waals surface area (Å²) in [4.78, 5) is 16.6. The summed E-state index contributed by atoms with van der Waals surface area (Å²) in [6.07, 6.45) is 6.50. The Hall–Kier alpha value is -1.46. The quantitative estimate of drug-likeness (QED) is 0.711. The Morgan fingerprint density at radius 2 is 2.05 bits per heavy atom. The second-order valence-electron chi connectivity index (χ2n) is 5.25. The van der Waals surface area contributed by atoms with Crippen molar-refractivity contribution in [3.05, 3.63) is 29.1 Å². The second kappa shape index (κ2) is 5.67. The summed E-state index contributed by atoms with van der Waals surface area (Å²) in [7, 11) is 0. The summed E-state index contributed by atoms with van der Waals surface area (Å²) in [5.74, 6) is 0.0400. The van der Waals surface area contributed by atoms with Crippen LogP contribution in [-0.2, 0) is 13.0 Å². The Morgan fingerprint density at radius 3 is 2.89 bits per heavy atom. The topological polar surface area (TPSA) is 66.0 Å². The minimum Gasteiger partial charge on any atom is -0.349 e. The van der Waals surface area contributed by atoms with E-state index in [2.05, 4.69) is 20.9 Å². The monoisotopic (exact) mass is 260 g/mol. The maximum atomic E-state index is 12.4. The van der Waals surface area contributed by atoms with Crippen molar-refractivity contribution in [3.8, 4) is 0 Å². The molecule has 0 saturated carbocycles. The molecule has 2 aliphatic rings. The lowest BCUT2D eigenvalue weighted by atomic mass is 9.97. The van der Waals surface area contributed by atoms with Crippen molar-refractivity contribution in [2.24, 2.45) is 0 Å². The molecule has 0 aliphatic carbocycles. The third kappa shape index (κ3) is 2.77. The molecular weight excluding hydrogens is 240 g/mol.